The summed E-state index contributed by atoms with van der Waals surface area (Å²) < 4.78 is 5.08. The molecule has 0 aromatic carbocycles. The maximum Gasteiger partial charge on any atom is 0.357 e. The summed E-state index contributed by atoms with van der Waals surface area (Å²) >= 11 is 0. The van der Waals surface area contributed by atoms with Gasteiger partial charge in [-0.2, -0.15) is 4.98 Å². The third kappa shape index (κ3) is 3.56. The van der Waals surface area contributed by atoms with Crippen LogP contribution in [-0.4, -0.2) is 29.7 Å². The molecule has 5 nitrogen and oxygen atoms in total. The third-order valence-corrected chi connectivity index (χ3v) is 2.38. The minimum Gasteiger partial charge on any atom is -0.476 e. The number of anilines is 1. The fourth-order valence-corrected chi connectivity index (χ4v) is 1.41. The molecule has 0 aliphatic heterocycles. The van der Waals surface area contributed by atoms with Crippen molar-refractivity contribution in [3.8, 4) is 0 Å². The van der Waals surface area contributed by atoms with Crippen LogP contribution in [0.2, 0.25) is 0 Å². The lowest BCUT2D eigenvalue weighted by molar-refractivity contribution is 0.0690. The maximum atomic E-state index is 10.6. The number of rotatable bonds is 7. The Hall–Kier alpha value is -1.52. The predicted octanol–water partition coefficient (Wildman–Crippen LogP) is 2.39. The second-order valence-corrected chi connectivity index (χ2v) is 3.80. The summed E-state index contributed by atoms with van der Waals surface area (Å²) in [7, 11) is 1.85. The number of carboxylic acids is 1. The van der Waals surface area contributed by atoms with E-state index in [1.807, 2.05) is 11.9 Å². The van der Waals surface area contributed by atoms with E-state index >= 15 is 0 Å². The molecule has 0 spiro atoms. The second-order valence-electron chi connectivity index (χ2n) is 3.80. The van der Waals surface area contributed by atoms with E-state index in [1.165, 1.54) is 25.5 Å². The molecule has 0 bridgehead atoms. The summed E-state index contributed by atoms with van der Waals surface area (Å²) in [5, 5.41) is 8.68. The molecule has 0 saturated carbocycles. The molecule has 0 saturated heterocycles. The number of carbonyl (C=O) groups is 1. The van der Waals surface area contributed by atoms with E-state index in [9.17, 15) is 4.79 Å². The first-order valence-electron chi connectivity index (χ1n) is 5.55. The van der Waals surface area contributed by atoms with E-state index < -0.39 is 5.97 Å². The highest BCUT2D eigenvalue weighted by molar-refractivity contribution is 5.85. The highest BCUT2D eigenvalue weighted by atomic mass is 16.4. The number of nitrogens with zero attached hydrogens (tertiary/aromatic N) is 2. The van der Waals surface area contributed by atoms with E-state index in [4.69, 9.17) is 9.52 Å². The Kier molecular flexibility index (Phi) is 4.82. The van der Waals surface area contributed by atoms with Gasteiger partial charge < -0.3 is 14.4 Å². The van der Waals surface area contributed by atoms with Crippen LogP contribution in [0.15, 0.2) is 10.7 Å². The zero-order valence-electron chi connectivity index (χ0n) is 9.77. The number of aromatic carboxylic acids is 1. The molecule has 90 valence electrons. The van der Waals surface area contributed by atoms with Crippen LogP contribution in [0.4, 0.5) is 6.01 Å². The molecule has 16 heavy (non-hydrogen) atoms. The lowest BCUT2D eigenvalue weighted by Crippen LogP contribution is -2.18. The molecular weight excluding hydrogens is 208 g/mol. The minimum atomic E-state index is -1.06. The van der Waals surface area contributed by atoms with Crippen molar-refractivity contribution >= 4 is 12.0 Å². The summed E-state index contributed by atoms with van der Waals surface area (Å²) in [6.45, 7) is 3.00. The largest absolute Gasteiger partial charge is 0.476 e. The number of aromatic nitrogens is 1. The van der Waals surface area contributed by atoms with Gasteiger partial charge in [-0.1, -0.05) is 26.2 Å². The topological polar surface area (TPSA) is 66.6 Å². The molecule has 0 aliphatic carbocycles. The van der Waals surface area contributed by atoms with Crippen LogP contribution in [0.25, 0.3) is 0 Å². The van der Waals surface area contributed by atoms with Crippen LogP contribution >= 0.6 is 0 Å². The monoisotopic (exact) mass is 226 g/mol. The molecule has 1 aromatic heterocycles. The van der Waals surface area contributed by atoms with Crippen molar-refractivity contribution in [2.24, 2.45) is 0 Å². The van der Waals surface area contributed by atoms with Gasteiger partial charge in [-0.15, -0.1) is 0 Å². The number of hydrogen-bond acceptors (Lipinski definition) is 4. The van der Waals surface area contributed by atoms with Crippen molar-refractivity contribution in [1.29, 1.82) is 0 Å². The molecule has 0 amide bonds. The lowest BCUT2D eigenvalue weighted by atomic mass is 10.2. The van der Waals surface area contributed by atoms with Crippen molar-refractivity contribution in [3.63, 3.8) is 0 Å². The van der Waals surface area contributed by atoms with Crippen LogP contribution in [-0.2, 0) is 0 Å². The van der Waals surface area contributed by atoms with Gasteiger partial charge in [0.1, 0.15) is 6.26 Å². The molecule has 1 rings (SSSR count). The molecule has 1 heterocycles. The van der Waals surface area contributed by atoms with Gasteiger partial charge in [0.25, 0.3) is 6.01 Å². The molecule has 0 atom stereocenters. The van der Waals surface area contributed by atoms with Gasteiger partial charge in [0, 0.05) is 13.6 Å². The third-order valence-electron chi connectivity index (χ3n) is 2.38. The quantitative estimate of drug-likeness (QED) is 0.723. The molecule has 0 unspecified atom stereocenters. The highest BCUT2D eigenvalue weighted by Gasteiger charge is 2.12. The first kappa shape index (κ1) is 12.5. The minimum absolute atomic E-state index is 0.0459. The zero-order chi connectivity index (χ0) is 12.0. The Balaban J connectivity index is 2.40. The average molecular weight is 226 g/mol. The predicted molar refractivity (Wildman–Crippen MR) is 60.9 cm³/mol. The van der Waals surface area contributed by atoms with Crippen molar-refractivity contribution < 1.29 is 14.3 Å². The average Bonchev–Trinajstić information content (AvgIpc) is 2.73. The smallest absolute Gasteiger partial charge is 0.357 e. The Morgan fingerprint density at radius 2 is 2.25 bits per heavy atom. The van der Waals surface area contributed by atoms with Crippen LogP contribution in [0.3, 0.4) is 0 Å². The Morgan fingerprint density at radius 3 is 2.81 bits per heavy atom. The summed E-state index contributed by atoms with van der Waals surface area (Å²) in [5.74, 6) is -1.06. The molecule has 0 fully saturated rings. The van der Waals surface area contributed by atoms with Gasteiger partial charge in [0.05, 0.1) is 0 Å². The Labute approximate surface area is 95.1 Å². The van der Waals surface area contributed by atoms with Gasteiger partial charge in [-0.3, -0.25) is 0 Å². The molecule has 5 heteroatoms. The molecule has 1 N–H and O–H groups in total. The van der Waals surface area contributed by atoms with Gasteiger partial charge in [-0.05, 0) is 6.42 Å². The Morgan fingerprint density at radius 1 is 1.50 bits per heavy atom. The van der Waals surface area contributed by atoms with Crippen LogP contribution < -0.4 is 4.90 Å². The van der Waals surface area contributed by atoms with Crippen LogP contribution in [0.1, 0.15) is 43.1 Å². The SMILES string of the molecule is CCCCCCN(C)c1nc(C(=O)O)co1. The van der Waals surface area contributed by atoms with Gasteiger partial charge in [-0.25, -0.2) is 4.79 Å². The summed E-state index contributed by atoms with van der Waals surface area (Å²) in [4.78, 5) is 16.3. The van der Waals surface area contributed by atoms with E-state index in [2.05, 4.69) is 11.9 Å². The van der Waals surface area contributed by atoms with Gasteiger partial charge in [0.15, 0.2) is 5.69 Å². The van der Waals surface area contributed by atoms with Crippen LogP contribution in [0, 0.1) is 0 Å². The summed E-state index contributed by atoms with van der Waals surface area (Å²) in [6, 6.07) is 0.369. The van der Waals surface area contributed by atoms with Crippen molar-refractivity contribution in [2.45, 2.75) is 32.6 Å². The summed E-state index contributed by atoms with van der Waals surface area (Å²) in [6.07, 6.45) is 5.83. The molecule has 0 radical (unpaired) electrons. The normalized spacial score (nSPS) is 10.4. The number of carboxylic acid groups (broad SMARTS) is 1. The first-order chi connectivity index (χ1) is 7.65. The van der Waals surface area contributed by atoms with Crippen LogP contribution in [0.5, 0.6) is 0 Å². The number of oxazole rings is 1. The number of hydrogen-bond donors (Lipinski definition) is 1. The first-order valence-corrected chi connectivity index (χ1v) is 5.55. The standard InChI is InChI=1S/C11H18N2O3/c1-3-4-5-6-7-13(2)11-12-9(8-16-11)10(14)15/h8H,3-7H2,1-2H3,(H,14,15). The van der Waals surface area contributed by atoms with E-state index in [1.54, 1.807) is 0 Å². The number of unbranched alkanes of at least 4 members (excludes halogenated alkanes) is 3. The zero-order valence-corrected chi connectivity index (χ0v) is 9.77. The van der Waals surface area contributed by atoms with Crippen molar-refractivity contribution in [2.75, 3.05) is 18.5 Å². The second kappa shape index (κ2) is 6.15. The molecule has 0 aliphatic rings. The van der Waals surface area contributed by atoms with E-state index in [-0.39, 0.29) is 5.69 Å². The van der Waals surface area contributed by atoms with E-state index in [0.29, 0.717) is 6.01 Å². The van der Waals surface area contributed by atoms with Gasteiger partial charge in [0.2, 0.25) is 0 Å². The fourth-order valence-electron chi connectivity index (χ4n) is 1.41. The van der Waals surface area contributed by atoms with E-state index in [0.717, 1.165) is 13.0 Å². The fraction of sp³-hybridized carbons (Fsp3) is 0.636. The highest BCUT2D eigenvalue weighted by Crippen LogP contribution is 2.13. The molecular formula is C11H18N2O3. The lowest BCUT2D eigenvalue weighted by Gasteiger charge is -2.13. The Bertz CT molecular complexity index is 336. The maximum absolute atomic E-state index is 10.6. The van der Waals surface area contributed by atoms with Crippen molar-refractivity contribution in [3.05, 3.63) is 12.0 Å². The molecule has 1 aromatic rings. The van der Waals surface area contributed by atoms with Gasteiger partial charge >= 0.3 is 5.97 Å². The summed E-state index contributed by atoms with van der Waals surface area (Å²) in [5.41, 5.74) is -0.0459. The van der Waals surface area contributed by atoms with Crippen molar-refractivity contribution in [1.82, 2.24) is 4.98 Å².